The molecule has 2 aliphatic heterocycles. The van der Waals surface area contributed by atoms with Gasteiger partial charge in [-0.15, -0.1) is 10.2 Å². The van der Waals surface area contributed by atoms with Crippen molar-refractivity contribution in [1.82, 2.24) is 10.2 Å². The van der Waals surface area contributed by atoms with Gasteiger partial charge in [-0.05, 0) is 66.1 Å². The van der Waals surface area contributed by atoms with Gasteiger partial charge in [-0.25, -0.2) is 4.79 Å². The fourth-order valence-corrected chi connectivity index (χ4v) is 7.02. The number of esters is 1. The molecule has 1 N–H and O–H groups in total. The molecule has 218 valence electrons. The number of hydrogen-bond acceptors (Lipinski definition) is 10. The summed E-state index contributed by atoms with van der Waals surface area (Å²) in [5.74, 6) is -1.21. The molecule has 3 heterocycles. The topological polar surface area (TPSA) is 119 Å². The van der Waals surface area contributed by atoms with Gasteiger partial charge in [-0.1, -0.05) is 59.0 Å². The molecule has 43 heavy (non-hydrogen) atoms. The van der Waals surface area contributed by atoms with Crippen molar-refractivity contribution in [2.75, 3.05) is 12.0 Å². The van der Waals surface area contributed by atoms with Crippen molar-refractivity contribution >= 4 is 63.3 Å². The van der Waals surface area contributed by atoms with Gasteiger partial charge >= 0.3 is 11.9 Å². The predicted octanol–water partition coefficient (Wildman–Crippen LogP) is 6.22. The summed E-state index contributed by atoms with van der Waals surface area (Å²) in [6.45, 7) is 1.95. The second-order valence-corrected chi connectivity index (χ2v) is 12.6. The Hall–Kier alpha value is -4.19. The molecule has 12 heteroatoms. The Morgan fingerprint density at radius 3 is 2.53 bits per heavy atom. The summed E-state index contributed by atoms with van der Waals surface area (Å²) in [5.41, 5.74) is 3.03. The van der Waals surface area contributed by atoms with Crippen molar-refractivity contribution in [3.8, 4) is 5.75 Å². The van der Waals surface area contributed by atoms with Gasteiger partial charge in [0.05, 0.1) is 24.3 Å². The number of ether oxygens (including phenoxy) is 2. The van der Waals surface area contributed by atoms with Gasteiger partial charge < -0.3 is 14.6 Å². The summed E-state index contributed by atoms with van der Waals surface area (Å²) in [4.78, 5) is 40.5. The van der Waals surface area contributed by atoms with Crippen LogP contribution < -0.4 is 9.64 Å². The molecule has 1 fully saturated rings. The number of carbonyl (C=O) groups is 3. The Balaban J connectivity index is 1.39. The Morgan fingerprint density at radius 2 is 1.81 bits per heavy atom. The highest BCUT2D eigenvalue weighted by atomic mass is 35.5. The summed E-state index contributed by atoms with van der Waals surface area (Å²) < 4.78 is 11.2. The van der Waals surface area contributed by atoms with Gasteiger partial charge in [0.15, 0.2) is 4.34 Å². The Kier molecular flexibility index (Phi) is 7.95. The Bertz CT molecular complexity index is 1770. The number of halogens is 1. The highest BCUT2D eigenvalue weighted by molar-refractivity contribution is 8.00. The molecule has 3 aromatic carbocycles. The Labute approximate surface area is 260 Å². The van der Waals surface area contributed by atoms with E-state index in [0.717, 1.165) is 16.9 Å². The molecule has 1 amide bonds. The third-order valence-corrected chi connectivity index (χ3v) is 9.52. The molecular weight excluding hydrogens is 610 g/mol. The monoisotopic (exact) mass is 633 g/mol. The summed E-state index contributed by atoms with van der Waals surface area (Å²) in [5, 5.41) is 20.9. The molecule has 1 aromatic heterocycles. The molecule has 0 radical (unpaired) electrons. The minimum absolute atomic E-state index is 0.00420. The lowest BCUT2D eigenvalue weighted by Gasteiger charge is -2.22. The lowest BCUT2D eigenvalue weighted by Crippen LogP contribution is -2.29. The second-order valence-electron chi connectivity index (χ2n) is 10.0. The smallest absolute Gasteiger partial charge is 0.337 e. The van der Waals surface area contributed by atoms with Crippen molar-refractivity contribution in [2.45, 2.75) is 35.6 Å². The normalized spacial score (nSPS) is 18.9. The van der Waals surface area contributed by atoms with Crippen LogP contribution in [-0.2, 0) is 26.5 Å². The summed E-state index contributed by atoms with van der Waals surface area (Å²) >= 11 is 8.59. The van der Waals surface area contributed by atoms with Gasteiger partial charge in [-0.2, -0.15) is 0 Å². The summed E-state index contributed by atoms with van der Waals surface area (Å²) in [6.07, 6.45) is 0.653. The van der Waals surface area contributed by atoms with Crippen LogP contribution in [0.15, 0.2) is 76.6 Å². The van der Waals surface area contributed by atoms with Gasteiger partial charge in [0.2, 0.25) is 5.13 Å². The van der Waals surface area contributed by atoms with Crippen LogP contribution in [0.2, 0.25) is 5.02 Å². The zero-order chi connectivity index (χ0) is 30.2. The maximum Gasteiger partial charge on any atom is 0.337 e. The van der Waals surface area contributed by atoms with Crippen LogP contribution in [-0.4, -0.2) is 46.2 Å². The van der Waals surface area contributed by atoms with E-state index in [0.29, 0.717) is 38.2 Å². The number of hydrogen-bond donors (Lipinski definition) is 1. The van der Waals surface area contributed by atoms with Crippen LogP contribution >= 0.6 is 34.7 Å². The first-order valence-electron chi connectivity index (χ1n) is 13.2. The highest BCUT2D eigenvalue weighted by Gasteiger charge is 2.48. The molecule has 9 nitrogen and oxygen atoms in total. The summed E-state index contributed by atoms with van der Waals surface area (Å²) in [7, 11) is 1.28. The number of thioether (sulfide) groups is 1. The van der Waals surface area contributed by atoms with Gasteiger partial charge in [-0.3, -0.25) is 14.5 Å². The number of nitrogens with zero attached hydrogens (tertiary/aromatic N) is 3. The first-order chi connectivity index (χ1) is 20.7. The van der Waals surface area contributed by atoms with Crippen molar-refractivity contribution < 1.29 is 29.0 Å². The summed E-state index contributed by atoms with van der Waals surface area (Å²) in [6, 6.07) is 18.0. The standard InChI is InChI=1S/C31H24ClN3O6S2/c1-16-13-21-14-20(9-12-23(21)41-16)26(36)24-25(18-5-7-19(8-6-18)29(39)40-2)35(28(38)27(24)37)30-33-34-31(43-30)42-15-17-3-10-22(32)11-4-17/h3-12,14,16,25,36H,13,15H2,1-2H3/t16-,25-/m1/s1. The molecule has 0 aliphatic carbocycles. The lowest BCUT2D eigenvalue weighted by atomic mass is 9.94. The van der Waals surface area contributed by atoms with Crippen LogP contribution in [0.25, 0.3) is 5.76 Å². The van der Waals surface area contributed by atoms with Crippen LogP contribution in [0.5, 0.6) is 5.75 Å². The third kappa shape index (κ3) is 5.63. The van der Waals surface area contributed by atoms with E-state index in [-0.39, 0.29) is 22.6 Å². The molecule has 2 aliphatic rings. The number of rotatable bonds is 7. The second kappa shape index (κ2) is 11.8. The van der Waals surface area contributed by atoms with Crippen LogP contribution in [0.3, 0.4) is 0 Å². The quantitative estimate of drug-likeness (QED) is 0.0632. The first-order valence-corrected chi connectivity index (χ1v) is 15.4. The van der Waals surface area contributed by atoms with E-state index in [9.17, 15) is 19.5 Å². The highest BCUT2D eigenvalue weighted by Crippen LogP contribution is 2.44. The molecule has 0 saturated carbocycles. The molecule has 1 saturated heterocycles. The number of carbonyl (C=O) groups excluding carboxylic acids is 3. The number of Topliss-reactive ketones (excluding diaryl/α,β-unsaturated/α-hetero) is 1. The van der Waals surface area contributed by atoms with Crippen LogP contribution in [0, 0.1) is 0 Å². The number of methoxy groups -OCH3 is 1. The molecule has 6 rings (SSSR count). The SMILES string of the molecule is COC(=O)c1ccc([C@@H]2C(=C(O)c3ccc4c(c3)C[C@@H](C)O4)C(=O)C(=O)N2c2nnc(SCc3ccc(Cl)cc3)s2)cc1. The maximum absolute atomic E-state index is 13.6. The fourth-order valence-electron chi connectivity index (χ4n) is 5.07. The third-order valence-electron chi connectivity index (χ3n) is 7.14. The first kappa shape index (κ1) is 28.9. The molecule has 4 aromatic rings. The van der Waals surface area contributed by atoms with E-state index in [1.807, 2.05) is 31.2 Å². The van der Waals surface area contributed by atoms with Crippen molar-refractivity contribution in [3.63, 3.8) is 0 Å². The van der Waals surface area contributed by atoms with E-state index >= 15 is 0 Å². The lowest BCUT2D eigenvalue weighted by molar-refractivity contribution is -0.132. The van der Waals surface area contributed by atoms with Gasteiger partial charge in [0, 0.05) is 22.8 Å². The minimum atomic E-state index is -1.02. The average molecular weight is 634 g/mol. The number of amides is 1. The van der Waals surface area contributed by atoms with E-state index < -0.39 is 23.7 Å². The number of fused-ring (bicyclic) bond motifs is 1. The number of ketones is 1. The van der Waals surface area contributed by atoms with E-state index in [1.54, 1.807) is 42.5 Å². The van der Waals surface area contributed by atoms with Crippen molar-refractivity contribution in [1.29, 1.82) is 0 Å². The number of anilines is 1. The minimum Gasteiger partial charge on any atom is -0.507 e. The molecule has 0 unspecified atom stereocenters. The average Bonchev–Trinajstić information content (AvgIpc) is 3.71. The predicted molar refractivity (Wildman–Crippen MR) is 164 cm³/mol. The maximum atomic E-state index is 13.6. The van der Waals surface area contributed by atoms with Crippen LogP contribution in [0.4, 0.5) is 5.13 Å². The van der Waals surface area contributed by atoms with E-state index in [2.05, 4.69) is 10.2 Å². The number of aliphatic hydroxyl groups is 1. The molecule has 0 bridgehead atoms. The van der Waals surface area contributed by atoms with Crippen LogP contribution in [0.1, 0.15) is 45.6 Å². The van der Waals surface area contributed by atoms with E-state index in [4.69, 9.17) is 21.1 Å². The zero-order valence-electron chi connectivity index (χ0n) is 22.9. The molecular formula is C31H24ClN3O6S2. The van der Waals surface area contributed by atoms with Gasteiger partial charge in [0.25, 0.3) is 5.78 Å². The van der Waals surface area contributed by atoms with Gasteiger partial charge in [0.1, 0.15) is 17.6 Å². The number of aromatic nitrogens is 2. The molecule has 2 atom stereocenters. The van der Waals surface area contributed by atoms with Crippen molar-refractivity contribution in [3.05, 3.63) is 105 Å². The zero-order valence-corrected chi connectivity index (χ0v) is 25.3. The largest absolute Gasteiger partial charge is 0.507 e. The fraction of sp³-hybridized carbons (Fsp3) is 0.194. The number of benzene rings is 3. The molecule has 0 spiro atoms. The van der Waals surface area contributed by atoms with E-state index in [1.165, 1.54) is 35.1 Å². The Morgan fingerprint density at radius 1 is 1.09 bits per heavy atom. The number of aliphatic hydroxyl groups excluding tert-OH is 1. The van der Waals surface area contributed by atoms with Crippen molar-refractivity contribution in [2.24, 2.45) is 0 Å².